The third kappa shape index (κ3) is 1.97. The predicted octanol–water partition coefficient (Wildman–Crippen LogP) is -1.26. The molecule has 5 heteroatoms. The lowest BCUT2D eigenvalue weighted by atomic mass is 10.3. The summed E-state index contributed by atoms with van der Waals surface area (Å²) in [5, 5.41) is 18.9. The molecule has 1 atom stereocenters. The first kappa shape index (κ1) is 7.48. The fourth-order valence-electron chi connectivity index (χ4n) is 0.0776. The lowest BCUT2D eigenvalue weighted by Gasteiger charge is -2.16. The smallest absolute Gasteiger partial charge is 0.246 e. The molecule has 0 aliphatic carbocycles. The van der Waals surface area contributed by atoms with Crippen LogP contribution < -0.4 is 5.73 Å². The predicted molar refractivity (Wildman–Crippen MR) is 26.6 cm³/mol. The molecule has 0 aliphatic heterocycles. The van der Waals surface area contributed by atoms with Crippen LogP contribution in [0.1, 0.15) is 6.92 Å². The molecule has 0 rings (SSSR count). The van der Waals surface area contributed by atoms with Crippen LogP contribution in [-0.4, -0.2) is 22.2 Å². The third-order valence-corrected chi connectivity index (χ3v) is 0.773. The van der Waals surface area contributed by atoms with E-state index in [4.69, 9.17) is 10.2 Å². The van der Waals surface area contributed by atoms with Crippen LogP contribution in [0.4, 0.5) is 0 Å². The summed E-state index contributed by atoms with van der Waals surface area (Å²) in [5.74, 6) is -2.47. The number of hydrogen-bond donors (Lipinski definition) is 3. The Morgan fingerprint density at radius 1 is 1.75 bits per heavy atom. The molecule has 0 radical (unpaired) electrons. The molecule has 0 fully saturated rings. The van der Waals surface area contributed by atoms with Gasteiger partial charge >= 0.3 is 0 Å². The summed E-state index contributed by atoms with van der Waals surface area (Å²) >= 11 is 0. The zero-order chi connectivity index (χ0) is 6.78. The number of nitrogens with zero attached hydrogens (tertiary/aromatic N) is 1. The molecule has 0 aromatic rings. The molecule has 0 aromatic carbocycles. The summed E-state index contributed by atoms with van der Waals surface area (Å²) in [6, 6.07) is -1.19. The van der Waals surface area contributed by atoms with Crippen LogP contribution in [0.25, 0.3) is 0 Å². The standard InChI is InChI=1S/C3H8N2O3/c1-2(5-8)3(4,6)7/h2,6-7H,4H2,1H3. The highest BCUT2D eigenvalue weighted by atomic mass is 16.5. The summed E-state index contributed by atoms with van der Waals surface area (Å²) in [5.41, 5.74) is 4.61. The Bertz CT molecular complexity index is 87.0. The molecule has 4 N–H and O–H groups in total. The minimum Gasteiger partial charge on any atom is -0.352 e. The van der Waals surface area contributed by atoms with Crippen molar-refractivity contribution in [1.82, 2.24) is 0 Å². The molecular weight excluding hydrogens is 112 g/mol. The summed E-state index contributed by atoms with van der Waals surface area (Å²) < 4.78 is 0. The second kappa shape index (κ2) is 2.17. The van der Waals surface area contributed by atoms with E-state index in [1.165, 1.54) is 6.92 Å². The number of rotatable bonds is 2. The second-order valence-electron chi connectivity index (χ2n) is 1.56. The van der Waals surface area contributed by atoms with Crippen LogP contribution in [0.5, 0.6) is 0 Å². The highest BCUT2D eigenvalue weighted by Crippen LogP contribution is 2.00. The molecule has 5 nitrogen and oxygen atoms in total. The van der Waals surface area contributed by atoms with E-state index in [2.05, 4.69) is 10.9 Å². The van der Waals surface area contributed by atoms with E-state index in [1.54, 1.807) is 0 Å². The largest absolute Gasteiger partial charge is 0.352 e. The normalized spacial score (nSPS) is 15.5. The maximum absolute atomic E-state index is 9.50. The molecule has 0 saturated carbocycles. The van der Waals surface area contributed by atoms with Gasteiger partial charge in [0.15, 0.2) is 6.04 Å². The van der Waals surface area contributed by atoms with Gasteiger partial charge in [0, 0.05) is 0 Å². The summed E-state index contributed by atoms with van der Waals surface area (Å²) in [4.78, 5) is 9.50. The van der Waals surface area contributed by atoms with Gasteiger partial charge in [0.25, 0.3) is 0 Å². The molecule has 0 heterocycles. The highest BCUT2D eigenvalue weighted by molar-refractivity contribution is 4.69. The van der Waals surface area contributed by atoms with Crippen LogP contribution in [-0.2, 0) is 0 Å². The van der Waals surface area contributed by atoms with Crippen LogP contribution >= 0.6 is 0 Å². The van der Waals surface area contributed by atoms with Crippen LogP contribution in [0.15, 0.2) is 5.18 Å². The number of hydrogen-bond acceptors (Lipinski definition) is 5. The van der Waals surface area contributed by atoms with Crippen molar-refractivity contribution >= 4 is 0 Å². The van der Waals surface area contributed by atoms with Crippen LogP contribution in [0, 0.1) is 4.91 Å². The van der Waals surface area contributed by atoms with Crippen LogP contribution in [0.2, 0.25) is 0 Å². The lowest BCUT2D eigenvalue weighted by molar-refractivity contribution is -0.167. The van der Waals surface area contributed by atoms with E-state index < -0.39 is 12.0 Å². The van der Waals surface area contributed by atoms with Gasteiger partial charge in [-0.3, -0.25) is 5.73 Å². The van der Waals surface area contributed by atoms with Crippen molar-refractivity contribution < 1.29 is 10.2 Å². The summed E-state index contributed by atoms with van der Waals surface area (Å²) in [6.07, 6.45) is 0. The first-order valence-corrected chi connectivity index (χ1v) is 2.04. The lowest BCUT2D eigenvalue weighted by Crippen LogP contribution is -2.48. The number of aliphatic hydroxyl groups is 2. The highest BCUT2D eigenvalue weighted by Gasteiger charge is 2.26. The second-order valence-corrected chi connectivity index (χ2v) is 1.56. The topological polar surface area (TPSA) is 95.9 Å². The average molecular weight is 120 g/mol. The fraction of sp³-hybridized carbons (Fsp3) is 1.00. The molecule has 0 aliphatic rings. The van der Waals surface area contributed by atoms with Gasteiger partial charge in [-0.05, 0) is 6.92 Å². The number of nitrogens with two attached hydrogens (primary N) is 1. The average Bonchev–Trinajstić information content (AvgIpc) is 1.62. The van der Waals surface area contributed by atoms with Gasteiger partial charge < -0.3 is 10.2 Å². The van der Waals surface area contributed by atoms with Crippen molar-refractivity contribution in [3.63, 3.8) is 0 Å². The Hall–Kier alpha value is -0.520. The zero-order valence-corrected chi connectivity index (χ0v) is 4.40. The van der Waals surface area contributed by atoms with E-state index in [0.717, 1.165) is 0 Å². The van der Waals surface area contributed by atoms with Gasteiger partial charge in [0.1, 0.15) is 0 Å². The SMILES string of the molecule is CC(N=O)C(N)(O)O. The Kier molecular flexibility index (Phi) is 2.02. The van der Waals surface area contributed by atoms with Crippen molar-refractivity contribution in [2.45, 2.75) is 18.9 Å². The Morgan fingerprint density at radius 2 is 2.12 bits per heavy atom. The Balaban J connectivity index is 3.80. The molecule has 0 aromatic heterocycles. The molecule has 0 amide bonds. The van der Waals surface area contributed by atoms with E-state index in [1.807, 2.05) is 0 Å². The summed E-state index contributed by atoms with van der Waals surface area (Å²) in [6.45, 7) is 1.20. The monoisotopic (exact) mass is 120 g/mol. The van der Waals surface area contributed by atoms with E-state index >= 15 is 0 Å². The van der Waals surface area contributed by atoms with Crippen molar-refractivity contribution in [2.75, 3.05) is 0 Å². The minimum atomic E-state index is -2.47. The number of nitroso groups, excluding NO2 is 1. The van der Waals surface area contributed by atoms with E-state index in [-0.39, 0.29) is 0 Å². The van der Waals surface area contributed by atoms with Gasteiger partial charge in [-0.1, -0.05) is 5.18 Å². The van der Waals surface area contributed by atoms with Gasteiger partial charge in [-0.2, -0.15) is 4.91 Å². The van der Waals surface area contributed by atoms with Gasteiger partial charge in [0.2, 0.25) is 5.91 Å². The van der Waals surface area contributed by atoms with Gasteiger partial charge in [0.05, 0.1) is 0 Å². The first-order chi connectivity index (χ1) is 3.48. The Labute approximate surface area is 46.1 Å². The maximum atomic E-state index is 9.50. The Morgan fingerprint density at radius 3 is 2.12 bits per heavy atom. The third-order valence-electron chi connectivity index (χ3n) is 0.773. The van der Waals surface area contributed by atoms with E-state index in [9.17, 15) is 4.91 Å². The fourth-order valence-corrected chi connectivity index (χ4v) is 0.0776. The molecule has 8 heavy (non-hydrogen) atoms. The maximum Gasteiger partial charge on any atom is 0.246 e. The van der Waals surface area contributed by atoms with Gasteiger partial charge in [-0.15, -0.1) is 0 Å². The molecule has 0 saturated heterocycles. The van der Waals surface area contributed by atoms with Crippen molar-refractivity contribution in [3.05, 3.63) is 4.91 Å². The first-order valence-electron chi connectivity index (χ1n) is 2.04. The molecule has 1 unspecified atom stereocenters. The molecule has 48 valence electrons. The molecular formula is C3H8N2O3. The van der Waals surface area contributed by atoms with Gasteiger partial charge in [-0.25, -0.2) is 0 Å². The van der Waals surface area contributed by atoms with Crippen molar-refractivity contribution in [2.24, 2.45) is 10.9 Å². The quantitative estimate of drug-likeness (QED) is 0.313. The van der Waals surface area contributed by atoms with Crippen LogP contribution in [0.3, 0.4) is 0 Å². The molecule has 0 bridgehead atoms. The molecule has 0 spiro atoms. The van der Waals surface area contributed by atoms with Crippen molar-refractivity contribution in [3.8, 4) is 0 Å². The van der Waals surface area contributed by atoms with E-state index in [0.29, 0.717) is 0 Å². The summed E-state index contributed by atoms with van der Waals surface area (Å²) in [7, 11) is 0. The minimum absolute atomic E-state index is 1.19. The van der Waals surface area contributed by atoms with Crippen molar-refractivity contribution in [1.29, 1.82) is 0 Å². The zero-order valence-electron chi connectivity index (χ0n) is 4.40.